The highest BCUT2D eigenvalue weighted by Gasteiger charge is 2.18. The van der Waals surface area contributed by atoms with Gasteiger partial charge in [-0.3, -0.25) is 0 Å². The summed E-state index contributed by atoms with van der Waals surface area (Å²) in [4.78, 5) is 0. The molecule has 0 bridgehead atoms. The molecular formula is C16H18BrNO3. The number of rotatable bonds is 5. The van der Waals surface area contributed by atoms with Gasteiger partial charge in [0.2, 0.25) is 0 Å². The van der Waals surface area contributed by atoms with E-state index in [0.29, 0.717) is 0 Å². The highest BCUT2D eigenvalue weighted by Crippen LogP contribution is 2.35. The van der Waals surface area contributed by atoms with Gasteiger partial charge in [-0.15, -0.1) is 0 Å². The second-order valence-corrected chi connectivity index (χ2v) is 5.33. The van der Waals surface area contributed by atoms with E-state index in [1.165, 1.54) is 0 Å². The highest BCUT2D eigenvalue weighted by atomic mass is 79.9. The Balaban J connectivity index is 2.45. The van der Waals surface area contributed by atoms with E-state index in [1.54, 1.807) is 21.3 Å². The van der Waals surface area contributed by atoms with Crippen LogP contribution in [0.2, 0.25) is 0 Å². The molecule has 0 aliphatic rings. The maximum atomic E-state index is 6.40. The summed E-state index contributed by atoms with van der Waals surface area (Å²) < 4.78 is 16.8. The lowest BCUT2D eigenvalue weighted by molar-refractivity contribution is 0.397. The summed E-state index contributed by atoms with van der Waals surface area (Å²) in [5, 5.41) is 0. The van der Waals surface area contributed by atoms with Gasteiger partial charge in [0.05, 0.1) is 27.4 Å². The molecule has 2 aromatic rings. The number of ether oxygens (including phenoxy) is 3. The Labute approximate surface area is 132 Å². The summed E-state index contributed by atoms with van der Waals surface area (Å²) in [6, 6.07) is 11.0. The molecule has 0 saturated carbocycles. The normalized spacial score (nSPS) is 11.9. The Morgan fingerprint density at radius 2 is 1.48 bits per heavy atom. The standard InChI is InChI=1S/C16H18BrNO3/c1-19-10-5-7-15(21-3)13(8-10)16(18)12-6-4-11(20-2)9-14(12)17/h4-9,16H,18H2,1-3H3. The van der Waals surface area contributed by atoms with Crippen LogP contribution in [0.25, 0.3) is 0 Å². The Bertz CT molecular complexity index is 631. The molecule has 0 spiro atoms. The minimum Gasteiger partial charge on any atom is -0.497 e. The van der Waals surface area contributed by atoms with E-state index in [0.717, 1.165) is 32.8 Å². The van der Waals surface area contributed by atoms with Crippen molar-refractivity contribution in [2.45, 2.75) is 6.04 Å². The Hall–Kier alpha value is -1.72. The van der Waals surface area contributed by atoms with Crippen LogP contribution in [0.1, 0.15) is 17.2 Å². The van der Waals surface area contributed by atoms with Gasteiger partial charge in [0, 0.05) is 10.0 Å². The molecule has 4 nitrogen and oxygen atoms in total. The van der Waals surface area contributed by atoms with Gasteiger partial charge in [-0.05, 0) is 35.9 Å². The first-order chi connectivity index (χ1) is 10.1. The molecule has 0 fully saturated rings. The second-order valence-electron chi connectivity index (χ2n) is 4.47. The molecule has 0 aliphatic heterocycles. The molecule has 0 saturated heterocycles. The molecule has 21 heavy (non-hydrogen) atoms. The molecule has 1 atom stereocenters. The molecule has 2 aromatic carbocycles. The molecular weight excluding hydrogens is 334 g/mol. The van der Waals surface area contributed by atoms with E-state index in [2.05, 4.69) is 15.9 Å². The monoisotopic (exact) mass is 351 g/mol. The highest BCUT2D eigenvalue weighted by molar-refractivity contribution is 9.10. The summed E-state index contributed by atoms with van der Waals surface area (Å²) in [5.41, 5.74) is 8.21. The third-order valence-corrected chi connectivity index (χ3v) is 4.00. The van der Waals surface area contributed by atoms with E-state index < -0.39 is 0 Å². The lowest BCUT2D eigenvalue weighted by atomic mass is 9.98. The van der Waals surface area contributed by atoms with E-state index in [1.807, 2.05) is 36.4 Å². The van der Waals surface area contributed by atoms with E-state index in [4.69, 9.17) is 19.9 Å². The number of benzene rings is 2. The van der Waals surface area contributed by atoms with Crippen molar-refractivity contribution in [3.05, 3.63) is 52.0 Å². The topological polar surface area (TPSA) is 53.7 Å². The van der Waals surface area contributed by atoms with Crippen molar-refractivity contribution in [3.63, 3.8) is 0 Å². The van der Waals surface area contributed by atoms with Gasteiger partial charge < -0.3 is 19.9 Å². The quantitative estimate of drug-likeness (QED) is 0.895. The average molecular weight is 352 g/mol. The molecule has 0 heterocycles. The van der Waals surface area contributed by atoms with Crippen molar-refractivity contribution in [1.82, 2.24) is 0 Å². The molecule has 5 heteroatoms. The van der Waals surface area contributed by atoms with Crippen LogP contribution in [0.5, 0.6) is 17.2 Å². The summed E-state index contributed by atoms with van der Waals surface area (Å²) in [6.45, 7) is 0. The average Bonchev–Trinajstić information content (AvgIpc) is 2.53. The zero-order chi connectivity index (χ0) is 15.4. The lowest BCUT2D eigenvalue weighted by Gasteiger charge is -2.18. The lowest BCUT2D eigenvalue weighted by Crippen LogP contribution is -2.14. The van der Waals surface area contributed by atoms with Crippen LogP contribution in [0.4, 0.5) is 0 Å². The van der Waals surface area contributed by atoms with Crippen LogP contribution in [0, 0.1) is 0 Å². The van der Waals surface area contributed by atoms with Crippen LogP contribution < -0.4 is 19.9 Å². The van der Waals surface area contributed by atoms with Crippen LogP contribution in [-0.4, -0.2) is 21.3 Å². The molecule has 0 aromatic heterocycles. The number of hydrogen-bond donors (Lipinski definition) is 1. The SMILES string of the molecule is COc1ccc(C(N)c2cc(OC)ccc2OC)c(Br)c1. The largest absolute Gasteiger partial charge is 0.497 e. The van der Waals surface area contributed by atoms with Crippen molar-refractivity contribution < 1.29 is 14.2 Å². The zero-order valence-corrected chi connectivity index (χ0v) is 13.8. The minimum atomic E-state index is -0.338. The molecule has 1 unspecified atom stereocenters. The van der Waals surface area contributed by atoms with Gasteiger partial charge in [-0.2, -0.15) is 0 Å². The summed E-state index contributed by atoms with van der Waals surface area (Å²) >= 11 is 3.54. The smallest absolute Gasteiger partial charge is 0.124 e. The van der Waals surface area contributed by atoms with Gasteiger partial charge in [0.25, 0.3) is 0 Å². The minimum absolute atomic E-state index is 0.338. The van der Waals surface area contributed by atoms with Gasteiger partial charge in [0.15, 0.2) is 0 Å². The van der Waals surface area contributed by atoms with Crippen molar-refractivity contribution in [2.24, 2.45) is 5.73 Å². The van der Waals surface area contributed by atoms with E-state index in [9.17, 15) is 0 Å². The number of hydrogen-bond acceptors (Lipinski definition) is 4. The van der Waals surface area contributed by atoms with E-state index in [-0.39, 0.29) is 6.04 Å². The van der Waals surface area contributed by atoms with Crippen LogP contribution in [-0.2, 0) is 0 Å². The summed E-state index contributed by atoms with van der Waals surface area (Å²) in [7, 11) is 4.88. The van der Waals surface area contributed by atoms with Crippen molar-refractivity contribution in [2.75, 3.05) is 21.3 Å². The molecule has 0 radical (unpaired) electrons. The molecule has 112 valence electrons. The third kappa shape index (κ3) is 3.31. The predicted molar refractivity (Wildman–Crippen MR) is 86.3 cm³/mol. The predicted octanol–water partition coefficient (Wildman–Crippen LogP) is 3.52. The Morgan fingerprint density at radius 1 is 0.857 bits per heavy atom. The van der Waals surface area contributed by atoms with Crippen molar-refractivity contribution in [1.29, 1.82) is 0 Å². The fraction of sp³-hybridized carbons (Fsp3) is 0.250. The van der Waals surface area contributed by atoms with Crippen molar-refractivity contribution >= 4 is 15.9 Å². The van der Waals surface area contributed by atoms with E-state index >= 15 is 0 Å². The number of halogens is 1. The molecule has 0 aliphatic carbocycles. The zero-order valence-electron chi connectivity index (χ0n) is 12.2. The number of methoxy groups -OCH3 is 3. The first-order valence-corrected chi connectivity index (χ1v) is 7.21. The van der Waals surface area contributed by atoms with Gasteiger partial charge in [0.1, 0.15) is 17.2 Å². The fourth-order valence-electron chi connectivity index (χ4n) is 2.14. The third-order valence-electron chi connectivity index (χ3n) is 3.31. The van der Waals surface area contributed by atoms with Gasteiger partial charge in [-0.25, -0.2) is 0 Å². The van der Waals surface area contributed by atoms with Crippen LogP contribution >= 0.6 is 15.9 Å². The fourth-order valence-corrected chi connectivity index (χ4v) is 2.74. The van der Waals surface area contributed by atoms with Gasteiger partial charge in [-0.1, -0.05) is 22.0 Å². The summed E-state index contributed by atoms with van der Waals surface area (Å²) in [6.07, 6.45) is 0. The molecule has 2 N–H and O–H groups in total. The Kier molecular flexibility index (Phi) is 5.09. The van der Waals surface area contributed by atoms with Crippen molar-refractivity contribution in [3.8, 4) is 17.2 Å². The van der Waals surface area contributed by atoms with Crippen LogP contribution in [0.3, 0.4) is 0 Å². The first kappa shape index (κ1) is 15.7. The Morgan fingerprint density at radius 3 is 2.05 bits per heavy atom. The van der Waals surface area contributed by atoms with Crippen LogP contribution in [0.15, 0.2) is 40.9 Å². The maximum absolute atomic E-state index is 6.40. The number of nitrogens with two attached hydrogens (primary N) is 1. The maximum Gasteiger partial charge on any atom is 0.124 e. The summed E-state index contributed by atoms with van der Waals surface area (Å²) in [5.74, 6) is 2.24. The van der Waals surface area contributed by atoms with Gasteiger partial charge >= 0.3 is 0 Å². The first-order valence-electron chi connectivity index (χ1n) is 6.41. The second kappa shape index (κ2) is 6.83. The molecule has 0 amide bonds. The molecule has 2 rings (SSSR count).